The summed E-state index contributed by atoms with van der Waals surface area (Å²) in [5.74, 6) is -0.944. The molecule has 0 radical (unpaired) electrons. The molecule has 0 aliphatic heterocycles. The highest BCUT2D eigenvalue weighted by atomic mass is 32.2. The van der Waals surface area contributed by atoms with Crippen LogP contribution in [0, 0.1) is 25.2 Å². The Morgan fingerprint density at radius 1 is 1.44 bits per heavy atom. The van der Waals surface area contributed by atoms with Crippen molar-refractivity contribution >= 4 is 21.7 Å². The van der Waals surface area contributed by atoms with E-state index in [4.69, 9.17) is 15.1 Å². The third-order valence-electron chi connectivity index (χ3n) is 3.30. The average Bonchev–Trinajstić information content (AvgIpc) is 2.93. The highest BCUT2D eigenvalue weighted by molar-refractivity contribution is 7.92. The van der Waals surface area contributed by atoms with Gasteiger partial charge in [0.1, 0.15) is 12.3 Å². The third kappa shape index (κ3) is 4.27. The number of aryl methyl sites for hydroxylation is 1. The molecule has 0 saturated carbocycles. The van der Waals surface area contributed by atoms with Crippen molar-refractivity contribution in [1.82, 2.24) is 9.78 Å². The first kappa shape index (κ1) is 18.3. The topological polar surface area (TPSA) is 134 Å². The largest absolute Gasteiger partial charge is 0.481 e. The van der Waals surface area contributed by atoms with Gasteiger partial charge in [-0.3, -0.25) is 9.40 Å². The lowest BCUT2D eigenvalue weighted by Crippen LogP contribution is -2.16. The number of carboxylic acids is 1. The van der Waals surface area contributed by atoms with Crippen LogP contribution in [0.15, 0.2) is 29.4 Å². The zero-order chi connectivity index (χ0) is 18.6. The second kappa shape index (κ2) is 7.23. The molecule has 2 rings (SSSR count). The van der Waals surface area contributed by atoms with Gasteiger partial charge < -0.3 is 9.84 Å². The standard InChI is InChI=1S/C15H16N4O5S/c1-10-3-4-13(11(2)15(10)24-9-14(20)21)25(22,23)18-12-7-17-19(8-12)6-5-16/h3-4,7-8,18H,6,9H2,1-2H3,(H,20,21). The van der Waals surface area contributed by atoms with E-state index >= 15 is 0 Å². The quantitative estimate of drug-likeness (QED) is 0.756. The molecule has 0 aliphatic rings. The smallest absolute Gasteiger partial charge is 0.341 e. The Morgan fingerprint density at radius 3 is 2.80 bits per heavy atom. The van der Waals surface area contributed by atoms with Gasteiger partial charge >= 0.3 is 5.97 Å². The number of anilines is 1. The Hall–Kier alpha value is -3.06. The summed E-state index contributed by atoms with van der Waals surface area (Å²) in [5.41, 5.74) is 1.14. The zero-order valence-electron chi connectivity index (χ0n) is 13.6. The summed E-state index contributed by atoms with van der Waals surface area (Å²) >= 11 is 0. The number of nitriles is 1. The molecule has 132 valence electrons. The maximum absolute atomic E-state index is 12.6. The SMILES string of the molecule is Cc1ccc(S(=O)(=O)Nc2cnn(CC#N)c2)c(C)c1OCC(=O)O. The number of rotatable bonds is 7. The number of nitrogens with zero attached hydrogens (tertiary/aromatic N) is 3. The second-order valence-electron chi connectivity index (χ2n) is 5.21. The van der Waals surface area contributed by atoms with Crippen molar-refractivity contribution in [1.29, 1.82) is 5.26 Å². The van der Waals surface area contributed by atoms with Gasteiger partial charge in [0.05, 0.1) is 29.0 Å². The van der Waals surface area contributed by atoms with Gasteiger partial charge in [-0.15, -0.1) is 0 Å². The van der Waals surface area contributed by atoms with Crippen LogP contribution in [-0.4, -0.2) is 35.9 Å². The number of nitrogens with one attached hydrogen (secondary N) is 1. The van der Waals surface area contributed by atoms with Crippen LogP contribution in [0.5, 0.6) is 5.75 Å². The molecule has 10 heteroatoms. The molecule has 25 heavy (non-hydrogen) atoms. The summed E-state index contributed by atoms with van der Waals surface area (Å²) in [6.07, 6.45) is 2.69. The van der Waals surface area contributed by atoms with Crippen molar-refractivity contribution in [2.24, 2.45) is 0 Å². The average molecular weight is 364 g/mol. The molecule has 0 bridgehead atoms. The lowest BCUT2D eigenvalue weighted by Gasteiger charge is -2.15. The minimum absolute atomic E-state index is 0.00152. The predicted molar refractivity (Wildman–Crippen MR) is 87.7 cm³/mol. The monoisotopic (exact) mass is 364 g/mol. The Labute approximate surface area is 144 Å². The first-order valence-electron chi connectivity index (χ1n) is 7.11. The van der Waals surface area contributed by atoms with E-state index in [0.29, 0.717) is 11.1 Å². The molecule has 1 aromatic carbocycles. The molecule has 0 spiro atoms. The number of carbonyl (C=O) groups is 1. The molecule has 0 amide bonds. The molecule has 2 N–H and O–H groups in total. The Kier molecular flexibility index (Phi) is 5.29. The van der Waals surface area contributed by atoms with E-state index in [0.717, 1.165) is 0 Å². The lowest BCUT2D eigenvalue weighted by molar-refractivity contribution is -0.139. The van der Waals surface area contributed by atoms with Gasteiger partial charge in [-0.2, -0.15) is 10.4 Å². The first-order valence-corrected chi connectivity index (χ1v) is 8.60. The number of aromatic nitrogens is 2. The van der Waals surface area contributed by atoms with Crippen molar-refractivity contribution in [3.63, 3.8) is 0 Å². The Bertz CT molecular complexity index is 943. The fraction of sp³-hybridized carbons (Fsp3) is 0.267. The van der Waals surface area contributed by atoms with Crippen LogP contribution in [0.2, 0.25) is 0 Å². The van der Waals surface area contributed by atoms with Gasteiger partial charge in [0.25, 0.3) is 10.0 Å². The highest BCUT2D eigenvalue weighted by Crippen LogP contribution is 2.30. The normalized spacial score (nSPS) is 10.9. The molecule has 0 aliphatic carbocycles. The van der Waals surface area contributed by atoms with E-state index < -0.39 is 22.6 Å². The molecule has 9 nitrogen and oxygen atoms in total. The maximum atomic E-state index is 12.6. The number of hydrogen-bond acceptors (Lipinski definition) is 6. The van der Waals surface area contributed by atoms with Crippen LogP contribution in [-0.2, 0) is 21.4 Å². The Balaban J connectivity index is 2.33. The molecule has 0 saturated heterocycles. The summed E-state index contributed by atoms with van der Waals surface area (Å²) < 4.78 is 34.1. The Morgan fingerprint density at radius 2 is 2.16 bits per heavy atom. The van der Waals surface area contributed by atoms with Gasteiger partial charge in [0, 0.05) is 5.56 Å². The number of hydrogen-bond donors (Lipinski definition) is 2. The molecule has 2 aromatic rings. The maximum Gasteiger partial charge on any atom is 0.341 e. The second-order valence-corrected chi connectivity index (χ2v) is 6.86. The molecule has 0 unspecified atom stereocenters. The van der Waals surface area contributed by atoms with Crippen molar-refractivity contribution in [3.8, 4) is 11.8 Å². The van der Waals surface area contributed by atoms with Crippen molar-refractivity contribution < 1.29 is 23.1 Å². The molecule has 1 aromatic heterocycles. The summed E-state index contributed by atoms with van der Waals surface area (Å²) in [4.78, 5) is 10.7. The predicted octanol–water partition coefficient (Wildman–Crippen LogP) is 1.29. The van der Waals surface area contributed by atoms with E-state index in [1.807, 2.05) is 6.07 Å². The van der Waals surface area contributed by atoms with E-state index in [9.17, 15) is 13.2 Å². The molecule has 0 atom stereocenters. The number of benzene rings is 1. The van der Waals surface area contributed by atoms with Gasteiger partial charge in [0.15, 0.2) is 6.61 Å². The van der Waals surface area contributed by atoms with Crippen LogP contribution < -0.4 is 9.46 Å². The zero-order valence-corrected chi connectivity index (χ0v) is 14.4. The van der Waals surface area contributed by atoms with E-state index in [2.05, 4.69) is 9.82 Å². The van der Waals surface area contributed by atoms with Gasteiger partial charge in [-0.05, 0) is 25.5 Å². The number of carboxylic acid groups (broad SMARTS) is 1. The number of ether oxygens (including phenoxy) is 1. The van der Waals surface area contributed by atoms with E-state index in [-0.39, 0.29) is 22.9 Å². The van der Waals surface area contributed by atoms with Crippen LogP contribution >= 0.6 is 0 Å². The van der Waals surface area contributed by atoms with Gasteiger partial charge in [0.2, 0.25) is 0 Å². The molecular formula is C15H16N4O5S. The first-order chi connectivity index (χ1) is 11.7. The minimum Gasteiger partial charge on any atom is -0.481 e. The summed E-state index contributed by atoms with van der Waals surface area (Å²) in [5, 5.41) is 21.2. The highest BCUT2D eigenvalue weighted by Gasteiger charge is 2.21. The van der Waals surface area contributed by atoms with Crippen LogP contribution in [0.3, 0.4) is 0 Å². The number of sulfonamides is 1. The van der Waals surface area contributed by atoms with Crippen LogP contribution in [0.4, 0.5) is 5.69 Å². The van der Waals surface area contributed by atoms with Crippen molar-refractivity contribution in [2.45, 2.75) is 25.3 Å². The molecule has 0 fully saturated rings. The van der Waals surface area contributed by atoms with Crippen LogP contribution in [0.25, 0.3) is 0 Å². The van der Waals surface area contributed by atoms with Crippen molar-refractivity contribution in [3.05, 3.63) is 35.7 Å². The van der Waals surface area contributed by atoms with Crippen molar-refractivity contribution in [2.75, 3.05) is 11.3 Å². The summed E-state index contributed by atoms with van der Waals surface area (Å²) in [6.45, 7) is 2.66. The lowest BCUT2D eigenvalue weighted by atomic mass is 10.1. The minimum atomic E-state index is -3.94. The fourth-order valence-corrected chi connectivity index (χ4v) is 3.51. The summed E-state index contributed by atoms with van der Waals surface area (Å²) in [6, 6.07) is 4.85. The van der Waals surface area contributed by atoms with E-state index in [1.54, 1.807) is 6.92 Å². The molecule has 1 heterocycles. The number of aliphatic carboxylic acids is 1. The third-order valence-corrected chi connectivity index (χ3v) is 4.83. The van der Waals surface area contributed by atoms with Gasteiger partial charge in [-0.1, -0.05) is 6.07 Å². The fourth-order valence-electron chi connectivity index (χ4n) is 2.24. The van der Waals surface area contributed by atoms with Crippen LogP contribution in [0.1, 0.15) is 11.1 Å². The van der Waals surface area contributed by atoms with Gasteiger partial charge in [-0.25, -0.2) is 13.2 Å². The summed E-state index contributed by atoms with van der Waals surface area (Å²) in [7, 11) is -3.94. The van der Waals surface area contributed by atoms with E-state index in [1.165, 1.54) is 36.1 Å². The molecular weight excluding hydrogens is 348 g/mol.